The highest BCUT2D eigenvalue weighted by atomic mass is 31.1. The fourth-order valence-electron chi connectivity index (χ4n) is 2.42. The molecule has 0 aromatic heterocycles. The van der Waals surface area contributed by atoms with Crippen LogP contribution >= 0.6 is 8.25 Å². The average molecular weight is 367 g/mol. The van der Waals surface area contributed by atoms with E-state index in [0.29, 0.717) is 0 Å². The van der Waals surface area contributed by atoms with Crippen molar-refractivity contribution in [2.45, 2.75) is 51.7 Å². The van der Waals surface area contributed by atoms with Crippen LogP contribution in [0.15, 0.2) is 0 Å². The molecule has 0 spiro atoms. The third kappa shape index (κ3) is 7.63. The number of hydrogen-bond donors (Lipinski definition) is 4. The Morgan fingerprint density at radius 3 is 1.46 bits per heavy atom. The van der Waals surface area contributed by atoms with Gasteiger partial charge in [-0.1, -0.05) is 13.8 Å². The van der Waals surface area contributed by atoms with Crippen molar-refractivity contribution >= 4 is 20.2 Å². The summed E-state index contributed by atoms with van der Waals surface area (Å²) in [6.07, 6.45) is -0.779. The molecule has 0 aromatic rings. The lowest BCUT2D eigenvalue weighted by molar-refractivity contribution is -0.145. The first-order valence-corrected chi connectivity index (χ1v) is 9.08. The summed E-state index contributed by atoms with van der Waals surface area (Å²) in [6, 6.07) is 0. The third-order valence-electron chi connectivity index (χ3n) is 3.76. The maximum atomic E-state index is 12.1. The number of aliphatic carboxylic acids is 2. The fraction of sp³-hybridized carbons (Fsp3) is 0.857. The molecular formula is C14H28N2O7P+. The van der Waals surface area contributed by atoms with E-state index in [0.717, 1.165) is 0 Å². The normalized spacial score (nSPS) is 16.9. The third-order valence-corrected chi connectivity index (χ3v) is 4.64. The summed E-state index contributed by atoms with van der Waals surface area (Å²) >= 11 is 0. The summed E-state index contributed by atoms with van der Waals surface area (Å²) in [6.45, 7) is 3.68. The molecule has 9 nitrogen and oxygen atoms in total. The van der Waals surface area contributed by atoms with Crippen molar-refractivity contribution in [3.63, 3.8) is 0 Å². The Hall–Kier alpha value is -1.12. The molecule has 0 saturated heterocycles. The molecule has 0 saturated carbocycles. The second-order valence-corrected chi connectivity index (χ2v) is 6.24. The van der Waals surface area contributed by atoms with Crippen LogP contribution in [0.2, 0.25) is 0 Å². The molecule has 140 valence electrons. The van der Waals surface area contributed by atoms with Crippen molar-refractivity contribution in [1.29, 1.82) is 0 Å². The first-order chi connectivity index (χ1) is 11.3. The Morgan fingerprint density at radius 1 is 0.917 bits per heavy atom. The van der Waals surface area contributed by atoms with Gasteiger partial charge in [0.25, 0.3) is 0 Å². The van der Waals surface area contributed by atoms with Gasteiger partial charge in [-0.05, 0) is 38.8 Å². The van der Waals surface area contributed by atoms with Crippen LogP contribution in [-0.4, -0.2) is 47.4 Å². The van der Waals surface area contributed by atoms with E-state index >= 15 is 0 Å². The first kappa shape index (κ1) is 22.9. The quantitative estimate of drug-likeness (QED) is 0.332. The Morgan fingerprint density at radius 2 is 1.25 bits per heavy atom. The van der Waals surface area contributed by atoms with Gasteiger partial charge < -0.3 is 21.7 Å². The van der Waals surface area contributed by atoms with Gasteiger partial charge in [-0.15, -0.1) is 9.05 Å². The molecule has 0 aliphatic heterocycles. The first-order valence-electron chi connectivity index (χ1n) is 7.98. The smallest absolute Gasteiger partial charge is 0.481 e. The van der Waals surface area contributed by atoms with Crippen molar-refractivity contribution in [2.75, 3.05) is 13.1 Å². The highest BCUT2D eigenvalue weighted by Crippen LogP contribution is 2.35. The van der Waals surface area contributed by atoms with E-state index in [1.807, 2.05) is 0 Å². The molecule has 0 bridgehead atoms. The fourth-order valence-corrected chi connectivity index (χ4v) is 3.42. The molecule has 0 rings (SSSR count). The van der Waals surface area contributed by atoms with Crippen LogP contribution in [-0.2, 0) is 23.2 Å². The van der Waals surface area contributed by atoms with E-state index < -0.39 is 44.2 Å². The van der Waals surface area contributed by atoms with Crippen LogP contribution in [0.25, 0.3) is 0 Å². The van der Waals surface area contributed by atoms with Crippen LogP contribution in [0.4, 0.5) is 0 Å². The molecule has 0 heterocycles. The number of nitrogens with two attached hydrogens (primary N) is 2. The zero-order valence-electron chi connectivity index (χ0n) is 14.1. The molecule has 0 radical (unpaired) electrons. The van der Waals surface area contributed by atoms with Crippen molar-refractivity contribution in [1.82, 2.24) is 0 Å². The molecular weight excluding hydrogens is 339 g/mol. The Kier molecular flexibility index (Phi) is 11.7. The highest BCUT2D eigenvalue weighted by molar-refractivity contribution is 7.33. The molecule has 6 N–H and O–H groups in total. The van der Waals surface area contributed by atoms with E-state index in [-0.39, 0.29) is 38.8 Å². The van der Waals surface area contributed by atoms with E-state index in [9.17, 15) is 24.4 Å². The SMILES string of the molecule is CCC(C(=O)O)C(CCN)O[P+](=O)OC(CCN)C(CC)C(=O)O. The number of rotatable bonds is 14. The van der Waals surface area contributed by atoms with E-state index in [1.54, 1.807) is 13.8 Å². The lowest BCUT2D eigenvalue weighted by Crippen LogP contribution is -2.33. The molecule has 10 heteroatoms. The number of carboxylic acid groups (broad SMARTS) is 2. The van der Waals surface area contributed by atoms with Crippen LogP contribution in [0.1, 0.15) is 39.5 Å². The summed E-state index contributed by atoms with van der Waals surface area (Å²) in [4.78, 5) is 22.5. The average Bonchev–Trinajstić information content (AvgIpc) is 2.48. The van der Waals surface area contributed by atoms with Crippen molar-refractivity contribution in [3.8, 4) is 0 Å². The Bertz CT molecular complexity index is 386. The molecule has 0 amide bonds. The molecule has 0 aliphatic rings. The zero-order chi connectivity index (χ0) is 18.7. The highest BCUT2D eigenvalue weighted by Gasteiger charge is 2.40. The van der Waals surface area contributed by atoms with Gasteiger partial charge in [-0.3, -0.25) is 9.59 Å². The van der Waals surface area contributed by atoms with E-state index in [2.05, 4.69) is 0 Å². The monoisotopic (exact) mass is 367 g/mol. The maximum Gasteiger partial charge on any atom is 0.698 e. The van der Waals surface area contributed by atoms with Crippen molar-refractivity contribution in [3.05, 3.63) is 0 Å². The van der Waals surface area contributed by atoms with Gasteiger partial charge >= 0.3 is 20.2 Å². The molecule has 4 unspecified atom stereocenters. The number of carboxylic acids is 2. The lowest BCUT2D eigenvalue weighted by atomic mass is 9.97. The summed E-state index contributed by atoms with van der Waals surface area (Å²) in [7, 11) is -2.70. The van der Waals surface area contributed by atoms with Gasteiger partial charge in [0, 0.05) is 4.57 Å². The van der Waals surface area contributed by atoms with Crippen LogP contribution in [0.5, 0.6) is 0 Å². The predicted octanol–water partition coefficient (Wildman–Crippen LogP) is 1.33. The Balaban J connectivity index is 5.00. The Labute approximate surface area is 142 Å². The minimum absolute atomic E-state index is 0.163. The molecule has 4 atom stereocenters. The standard InChI is InChI=1S/C14H27N2O7P/c1-3-9(13(17)18)11(5-7-15)22-24(21)23-12(6-8-16)10(4-2)14(19)20/h9-12H,3-8,15-16H2,1-2H3,(H-,17,18,19,20)/p+1. The summed E-state index contributed by atoms with van der Waals surface area (Å²) in [5.74, 6) is -3.89. The second-order valence-electron chi connectivity index (χ2n) is 5.37. The van der Waals surface area contributed by atoms with Gasteiger partial charge in [0.15, 0.2) is 0 Å². The van der Waals surface area contributed by atoms with Crippen LogP contribution in [0, 0.1) is 11.8 Å². The lowest BCUT2D eigenvalue weighted by Gasteiger charge is -2.19. The molecule has 0 aromatic carbocycles. The van der Waals surface area contributed by atoms with Gasteiger partial charge in [-0.2, -0.15) is 0 Å². The topological polar surface area (TPSA) is 162 Å². The largest absolute Gasteiger partial charge is 0.698 e. The second kappa shape index (κ2) is 12.3. The van der Waals surface area contributed by atoms with Gasteiger partial charge in [-0.25, -0.2) is 0 Å². The minimum Gasteiger partial charge on any atom is -0.481 e. The molecule has 0 aliphatic carbocycles. The van der Waals surface area contributed by atoms with Crippen molar-refractivity contribution < 1.29 is 33.4 Å². The minimum atomic E-state index is -2.70. The maximum absolute atomic E-state index is 12.1. The van der Waals surface area contributed by atoms with Crippen LogP contribution < -0.4 is 11.5 Å². The summed E-state index contributed by atoms with van der Waals surface area (Å²) in [5.41, 5.74) is 10.9. The van der Waals surface area contributed by atoms with Gasteiger partial charge in [0.1, 0.15) is 12.2 Å². The summed E-state index contributed by atoms with van der Waals surface area (Å²) < 4.78 is 22.6. The van der Waals surface area contributed by atoms with Gasteiger partial charge in [0.05, 0.1) is 11.8 Å². The van der Waals surface area contributed by atoms with E-state index in [1.165, 1.54) is 0 Å². The molecule has 0 fully saturated rings. The number of carbonyl (C=O) groups is 2. The number of hydrogen-bond acceptors (Lipinski definition) is 7. The van der Waals surface area contributed by atoms with Gasteiger partial charge in [0.2, 0.25) is 0 Å². The summed E-state index contributed by atoms with van der Waals surface area (Å²) in [5, 5.41) is 18.4. The zero-order valence-corrected chi connectivity index (χ0v) is 15.0. The van der Waals surface area contributed by atoms with Crippen molar-refractivity contribution in [2.24, 2.45) is 23.3 Å². The molecule has 24 heavy (non-hydrogen) atoms. The van der Waals surface area contributed by atoms with E-state index in [4.69, 9.17) is 20.5 Å². The predicted molar refractivity (Wildman–Crippen MR) is 87.5 cm³/mol. The van der Waals surface area contributed by atoms with Crippen LogP contribution in [0.3, 0.4) is 0 Å².